The average molecular weight is 260 g/mol. The summed E-state index contributed by atoms with van der Waals surface area (Å²) in [4.78, 5) is 23.4. The largest absolute Gasteiger partial charge is 0.348 e. The van der Waals surface area contributed by atoms with Gasteiger partial charge in [-0.25, -0.2) is 0 Å². The molecule has 2 rings (SSSR count). The predicted octanol–water partition coefficient (Wildman–Crippen LogP) is 0.400. The Bertz CT molecular complexity index is 616. The van der Waals surface area contributed by atoms with Crippen molar-refractivity contribution in [2.45, 2.75) is 19.5 Å². The van der Waals surface area contributed by atoms with Crippen molar-refractivity contribution in [2.24, 2.45) is 7.05 Å². The van der Waals surface area contributed by atoms with Gasteiger partial charge in [-0.15, -0.1) is 0 Å². The van der Waals surface area contributed by atoms with Gasteiger partial charge in [0.25, 0.3) is 11.5 Å². The number of nitrogens with one attached hydrogen (secondary N) is 1. The summed E-state index contributed by atoms with van der Waals surface area (Å²) in [6, 6.07) is 4.71. The molecule has 0 aliphatic carbocycles. The van der Waals surface area contributed by atoms with Gasteiger partial charge in [0, 0.05) is 43.3 Å². The van der Waals surface area contributed by atoms with Crippen molar-refractivity contribution < 1.29 is 4.79 Å². The van der Waals surface area contributed by atoms with Crippen LogP contribution in [0.4, 0.5) is 0 Å². The number of carbonyl (C=O) groups excluding carboxylic acids is 1. The molecule has 1 N–H and O–H groups in total. The Morgan fingerprint density at radius 3 is 2.89 bits per heavy atom. The summed E-state index contributed by atoms with van der Waals surface area (Å²) < 4.78 is 3.17. The minimum Gasteiger partial charge on any atom is -0.348 e. The molecule has 100 valence electrons. The summed E-state index contributed by atoms with van der Waals surface area (Å²) in [6.45, 7) is 2.48. The number of hydrogen-bond donors (Lipinski definition) is 1. The van der Waals surface area contributed by atoms with Crippen molar-refractivity contribution in [3.63, 3.8) is 0 Å². The molecule has 19 heavy (non-hydrogen) atoms. The number of carbonyl (C=O) groups is 1. The first-order chi connectivity index (χ1) is 9.06. The number of aryl methyl sites for hydroxylation is 1. The highest BCUT2D eigenvalue weighted by Crippen LogP contribution is 1.97. The summed E-state index contributed by atoms with van der Waals surface area (Å²) in [6.07, 6.45) is 5.10. The van der Waals surface area contributed by atoms with E-state index in [-0.39, 0.29) is 17.5 Å². The van der Waals surface area contributed by atoms with Crippen LogP contribution in [-0.4, -0.2) is 26.3 Å². The van der Waals surface area contributed by atoms with Crippen molar-refractivity contribution in [3.8, 4) is 0 Å². The van der Waals surface area contributed by atoms with Crippen molar-refractivity contribution >= 4 is 5.91 Å². The molecule has 2 aromatic rings. The van der Waals surface area contributed by atoms with Crippen LogP contribution in [0.15, 0.2) is 41.6 Å². The maximum absolute atomic E-state index is 12.0. The molecule has 2 heterocycles. The fourth-order valence-electron chi connectivity index (χ4n) is 1.73. The lowest BCUT2D eigenvalue weighted by Crippen LogP contribution is -2.36. The van der Waals surface area contributed by atoms with E-state index in [1.807, 2.05) is 19.2 Å². The van der Waals surface area contributed by atoms with Crippen LogP contribution < -0.4 is 10.9 Å². The Morgan fingerprint density at radius 2 is 2.26 bits per heavy atom. The lowest BCUT2D eigenvalue weighted by Gasteiger charge is -2.14. The number of hydrogen-bond acceptors (Lipinski definition) is 3. The van der Waals surface area contributed by atoms with E-state index >= 15 is 0 Å². The van der Waals surface area contributed by atoms with E-state index in [1.54, 1.807) is 30.2 Å². The van der Waals surface area contributed by atoms with Gasteiger partial charge < -0.3 is 9.88 Å². The van der Waals surface area contributed by atoms with E-state index in [0.29, 0.717) is 12.1 Å². The van der Waals surface area contributed by atoms with Crippen molar-refractivity contribution in [3.05, 3.63) is 52.7 Å². The quantitative estimate of drug-likeness (QED) is 0.865. The molecule has 0 unspecified atom stereocenters. The molecule has 0 spiro atoms. The molecule has 1 amide bonds. The number of rotatable bonds is 4. The molecule has 0 fully saturated rings. The van der Waals surface area contributed by atoms with Crippen LogP contribution in [0.5, 0.6) is 0 Å². The van der Waals surface area contributed by atoms with E-state index in [1.165, 1.54) is 10.6 Å². The zero-order valence-corrected chi connectivity index (χ0v) is 10.9. The number of pyridine rings is 1. The van der Waals surface area contributed by atoms with Gasteiger partial charge in [-0.3, -0.25) is 14.3 Å². The molecule has 0 aromatic carbocycles. The van der Waals surface area contributed by atoms with Crippen LogP contribution in [0.3, 0.4) is 0 Å². The Balaban J connectivity index is 2.00. The molecular weight excluding hydrogens is 244 g/mol. The fraction of sp³-hybridized carbons (Fsp3) is 0.308. The van der Waals surface area contributed by atoms with Gasteiger partial charge in [0.1, 0.15) is 0 Å². The molecule has 0 saturated heterocycles. The zero-order chi connectivity index (χ0) is 13.8. The summed E-state index contributed by atoms with van der Waals surface area (Å²) >= 11 is 0. The average Bonchev–Trinajstić information content (AvgIpc) is 2.85. The van der Waals surface area contributed by atoms with Crippen LogP contribution in [0.1, 0.15) is 17.3 Å². The third-order valence-electron chi connectivity index (χ3n) is 2.76. The highest BCUT2D eigenvalue weighted by atomic mass is 16.2. The number of nitrogens with zero attached hydrogens (tertiary/aromatic N) is 3. The van der Waals surface area contributed by atoms with E-state index < -0.39 is 0 Å². The van der Waals surface area contributed by atoms with Gasteiger partial charge >= 0.3 is 0 Å². The molecule has 6 nitrogen and oxygen atoms in total. The molecular formula is C13H16N4O2. The first-order valence-corrected chi connectivity index (χ1v) is 6.01. The van der Waals surface area contributed by atoms with E-state index in [2.05, 4.69) is 10.4 Å². The minimum absolute atomic E-state index is 0.0727. The minimum atomic E-state index is -0.252. The van der Waals surface area contributed by atoms with Crippen molar-refractivity contribution in [1.29, 1.82) is 0 Å². The topological polar surface area (TPSA) is 68.9 Å². The lowest BCUT2D eigenvalue weighted by molar-refractivity contribution is 0.0935. The normalized spacial score (nSPS) is 12.1. The Morgan fingerprint density at radius 1 is 1.47 bits per heavy atom. The predicted molar refractivity (Wildman–Crippen MR) is 70.8 cm³/mol. The molecule has 0 radical (unpaired) electrons. The number of amides is 1. The molecule has 0 saturated carbocycles. The SMILES string of the molecule is C[C@H](Cn1cccn1)NC(=O)c1ccn(C)c(=O)c1. The number of aromatic nitrogens is 3. The van der Waals surface area contributed by atoms with Crippen LogP contribution in [0.2, 0.25) is 0 Å². The zero-order valence-electron chi connectivity index (χ0n) is 10.9. The highest BCUT2D eigenvalue weighted by molar-refractivity contribution is 5.94. The van der Waals surface area contributed by atoms with Gasteiger partial charge in [0.2, 0.25) is 0 Å². The first kappa shape index (κ1) is 13.1. The van der Waals surface area contributed by atoms with Crippen LogP contribution >= 0.6 is 0 Å². The van der Waals surface area contributed by atoms with Crippen molar-refractivity contribution in [1.82, 2.24) is 19.7 Å². The molecule has 0 bridgehead atoms. The maximum atomic E-state index is 12.0. The monoisotopic (exact) mass is 260 g/mol. The fourth-order valence-corrected chi connectivity index (χ4v) is 1.73. The Hall–Kier alpha value is -2.37. The first-order valence-electron chi connectivity index (χ1n) is 6.01. The molecule has 0 aliphatic heterocycles. The maximum Gasteiger partial charge on any atom is 0.251 e. The Kier molecular flexibility index (Phi) is 3.79. The molecule has 6 heteroatoms. The summed E-state index contributed by atoms with van der Waals surface area (Å²) in [5.74, 6) is -0.252. The summed E-state index contributed by atoms with van der Waals surface area (Å²) in [5.41, 5.74) is 0.169. The van der Waals surface area contributed by atoms with Crippen LogP contribution in [0.25, 0.3) is 0 Å². The van der Waals surface area contributed by atoms with Gasteiger partial charge in [-0.1, -0.05) is 0 Å². The smallest absolute Gasteiger partial charge is 0.251 e. The van der Waals surface area contributed by atoms with Gasteiger partial charge in [0.05, 0.1) is 6.54 Å². The van der Waals surface area contributed by atoms with E-state index in [4.69, 9.17) is 0 Å². The third-order valence-corrected chi connectivity index (χ3v) is 2.76. The standard InChI is InChI=1S/C13H16N4O2/c1-10(9-17-6-3-5-14-17)15-13(19)11-4-7-16(2)12(18)8-11/h3-8,10H,9H2,1-2H3,(H,15,19)/t10-/m1/s1. The second-order valence-electron chi connectivity index (χ2n) is 4.47. The molecule has 2 aromatic heterocycles. The lowest BCUT2D eigenvalue weighted by atomic mass is 10.2. The Labute approximate surface area is 110 Å². The second-order valence-corrected chi connectivity index (χ2v) is 4.47. The van der Waals surface area contributed by atoms with E-state index in [0.717, 1.165) is 0 Å². The summed E-state index contributed by atoms with van der Waals surface area (Å²) in [7, 11) is 1.64. The van der Waals surface area contributed by atoms with Gasteiger partial charge in [0.15, 0.2) is 0 Å². The highest BCUT2D eigenvalue weighted by Gasteiger charge is 2.11. The third kappa shape index (κ3) is 3.31. The van der Waals surface area contributed by atoms with E-state index in [9.17, 15) is 9.59 Å². The van der Waals surface area contributed by atoms with Crippen LogP contribution in [0, 0.1) is 0 Å². The van der Waals surface area contributed by atoms with Crippen LogP contribution in [-0.2, 0) is 13.6 Å². The summed E-state index contributed by atoms with van der Waals surface area (Å²) in [5, 5.41) is 6.91. The molecule has 0 aliphatic rings. The van der Waals surface area contributed by atoms with Gasteiger partial charge in [-0.05, 0) is 19.1 Å². The van der Waals surface area contributed by atoms with Crippen molar-refractivity contribution in [2.75, 3.05) is 0 Å². The van der Waals surface area contributed by atoms with Gasteiger partial charge in [-0.2, -0.15) is 5.10 Å². The second kappa shape index (κ2) is 5.51. The molecule has 1 atom stereocenters.